The average molecular weight is 285 g/mol. The number of ether oxygens (including phenoxy) is 2. The fourth-order valence-electron chi connectivity index (χ4n) is 4.89. The molecule has 21 heavy (non-hydrogen) atoms. The molecule has 1 heterocycles. The van der Waals surface area contributed by atoms with Crippen LogP contribution in [0.3, 0.4) is 0 Å². The minimum atomic E-state index is -0.426. The summed E-state index contributed by atoms with van der Waals surface area (Å²) in [4.78, 5) is 0. The van der Waals surface area contributed by atoms with Gasteiger partial charge in [0, 0.05) is 16.9 Å². The van der Waals surface area contributed by atoms with Gasteiger partial charge in [0.15, 0.2) is 11.5 Å². The molecule has 0 radical (unpaired) electrons. The van der Waals surface area contributed by atoms with Crippen molar-refractivity contribution in [2.24, 2.45) is 11.8 Å². The lowest BCUT2D eigenvalue weighted by atomic mass is 9.53. The van der Waals surface area contributed by atoms with E-state index in [1.807, 2.05) is 6.07 Å². The number of rotatable bonds is 1. The van der Waals surface area contributed by atoms with Gasteiger partial charge in [0.1, 0.15) is 6.10 Å². The normalized spacial score (nSPS) is 39.1. The molecule has 4 heteroatoms. The third-order valence-electron chi connectivity index (χ3n) is 5.77. The van der Waals surface area contributed by atoms with Crippen LogP contribution in [0.25, 0.3) is 0 Å². The van der Waals surface area contributed by atoms with Crippen molar-refractivity contribution >= 4 is 0 Å². The Labute approximate surface area is 124 Å². The van der Waals surface area contributed by atoms with Crippen molar-refractivity contribution in [1.82, 2.24) is 0 Å². The van der Waals surface area contributed by atoms with Crippen LogP contribution in [0.1, 0.15) is 30.9 Å². The van der Waals surface area contributed by atoms with E-state index in [1.165, 1.54) is 11.1 Å². The fourth-order valence-corrected chi connectivity index (χ4v) is 4.89. The molecular weight excluding hydrogens is 266 g/mol. The van der Waals surface area contributed by atoms with E-state index < -0.39 is 6.10 Å². The molecule has 1 saturated carbocycles. The highest BCUT2D eigenvalue weighted by Crippen LogP contribution is 2.61. The lowest BCUT2D eigenvalue weighted by Gasteiger charge is -2.49. The van der Waals surface area contributed by atoms with Gasteiger partial charge in [0.05, 0.1) is 25.2 Å². The standard InChI is InChI=1S/C17H19NO3/c1-17-13-6-4-11(19)14(17)10(8-18)7-9-3-5-12(20-2)16(21-13)15(9)17/h3,5,10-11,13-14,19H,4,6-7H2,1-2H3/t10-,11?,13+,14-,17+/m1/s1. The molecule has 110 valence electrons. The third kappa shape index (κ3) is 1.42. The summed E-state index contributed by atoms with van der Waals surface area (Å²) in [6.45, 7) is 2.16. The highest BCUT2D eigenvalue weighted by Gasteiger charge is 2.61. The smallest absolute Gasteiger partial charge is 0.165 e. The van der Waals surface area contributed by atoms with Crippen LogP contribution >= 0.6 is 0 Å². The first-order valence-electron chi connectivity index (χ1n) is 7.56. The van der Waals surface area contributed by atoms with Crippen molar-refractivity contribution in [3.63, 3.8) is 0 Å². The molecule has 1 aliphatic heterocycles. The summed E-state index contributed by atoms with van der Waals surface area (Å²) in [5.74, 6) is 1.39. The highest BCUT2D eigenvalue weighted by atomic mass is 16.5. The van der Waals surface area contributed by atoms with Gasteiger partial charge in [-0.1, -0.05) is 13.0 Å². The predicted molar refractivity (Wildman–Crippen MR) is 76.3 cm³/mol. The molecule has 0 bridgehead atoms. The van der Waals surface area contributed by atoms with Crippen molar-refractivity contribution in [1.29, 1.82) is 5.26 Å². The summed E-state index contributed by atoms with van der Waals surface area (Å²) in [6, 6.07) is 6.41. The van der Waals surface area contributed by atoms with Crippen molar-refractivity contribution in [3.05, 3.63) is 23.3 Å². The Kier molecular flexibility index (Phi) is 2.56. The predicted octanol–water partition coefficient (Wildman–Crippen LogP) is 2.18. The second-order valence-corrected chi connectivity index (χ2v) is 6.63. The van der Waals surface area contributed by atoms with Crippen LogP contribution in [-0.2, 0) is 11.8 Å². The Hall–Kier alpha value is -1.73. The molecule has 1 unspecified atom stereocenters. The summed E-state index contributed by atoms with van der Waals surface area (Å²) in [6.07, 6.45) is 1.83. The maximum Gasteiger partial charge on any atom is 0.165 e. The van der Waals surface area contributed by atoms with Crippen LogP contribution in [0.2, 0.25) is 0 Å². The summed E-state index contributed by atoms with van der Waals surface area (Å²) in [5, 5.41) is 20.1. The number of hydrogen-bond donors (Lipinski definition) is 1. The Bertz CT molecular complexity index is 650. The maximum atomic E-state index is 10.5. The number of nitrogens with zero attached hydrogens (tertiary/aromatic N) is 1. The molecule has 0 spiro atoms. The lowest BCUT2D eigenvalue weighted by molar-refractivity contribution is -0.0499. The van der Waals surface area contributed by atoms with E-state index in [4.69, 9.17) is 9.47 Å². The largest absolute Gasteiger partial charge is 0.493 e. The van der Waals surface area contributed by atoms with E-state index in [1.54, 1.807) is 7.11 Å². The highest BCUT2D eigenvalue weighted by molar-refractivity contribution is 5.60. The van der Waals surface area contributed by atoms with E-state index in [0.29, 0.717) is 12.8 Å². The van der Waals surface area contributed by atoms with Gasteiger partial charge in [-0.3, -0.25) is 0 Å². The zero-order valence-electron chi connectivity index (χ0n) is 12.3. The SMILES string of the molecule is COc1ccc2c3c1O[C@H]1CCC(O)[C@@H]([C@@H](C#N)C2)[C@@]31C. The molecule has 2 aliphatic carbocycles. The molecule has 3 aliphatic rings. The molecule has 1 fully saturated rings. The quantitative estimate of drug-likeness (QED) is 0.859. The summed E-state index contributed by atoms with van der Waals surface area (Å²) >= 11 is 0. The third-order valence-corrected chi connectivity index (χ3v) is 5.77. The van der Waals surface area contributed by atoms with Gasteiger partial charge in [-0.05, 0) is 30.9 Å². The van der Waals surface area contributed by atoms with Crippen LogP contribution in [0.15, 0.2) is 12.1 Å². The average Bonchev–Trinajstić information content (AvgIpc) is 2.79. The second kappa shape index (κ2) is 4.14. The van der Waals surface area contributed by atoms with E-state index >= 15 is 0 Å². The Morgan fingerprint density at radius 3 is 2.95 bits per heavy atom. The molecule has 4 rings (SSSR count). The number of aliphatic hydroxyl groups excluding tert-OH is 1. The summed E-state index contributed by atoms with van der Waals surface area (Å²) in [7, 11) is 1.65. The topological polar surface area (TPSA) is 62.5 Å². The number of hydrogen-bond acceptors (Lipinski definition) is 4. The molecular formula is C17H19NO3. The molecule has 1 N–H and O–H groups in total. The van der Waals surface area contributed by atoms with Gasteiger partial charge in [-0.25, -0.2) is 0 Å². The Morgan fingerprint density at radius 2 is 2.24 bits per heavy atom. The number of nitriles is 1. The molecule has 0 aromatic heterocycles. The number of benzene rings is 1. The molecule has 5 atom stereocenters. The zero-order valence-corrected chi connectivity index (χ0v) is 12.3. The van der Waals surface area contributed by atoms with Crippen LogP contribution in [0.4, 0.5) is 0 Å². The van der Waals surface area contributed by atoms with E-state index in [0.717, 1.165) is 17.9 Å². The van der Waals surface area contributed by atoms with Crippen molar-refractivity contribution in [2.75, 3.05) is 7.11 Å². The van der Waals surface area contributed by atoms with Gasteiger partial charge in [0.25, 0.3) is 0 Å². The van der Waals surface area contributed by atoms with Crippen molar-refractivity contribution in [2.45, 2.75) is 43.8 Å². The first-order chi connectivity index (χ1) is 10.1. The maximum absolute atomic E-state index is 10.5. The van der Waals surface area contributed by atoms with Crippen LogP contribution in [0.5, 0.6) is 11.5 Å². The van der Waals surface area contributed by atoms with E-state index in [2.05, 4.69) is 19.1 Å². The van der Waals surface area contributed by atoms with Crippen molar-refractivity contribution < 1.29 is 14.6 Å². The Balaban J connectivity index is 1.99. The van der Waals surface area contributed by atoms with E-state index in [9.17, 15) is 10.4 Å². The minimum Gasteiger partial charge on any atom is -0.493 e. The van der Waals surface area contributed by atoms with Crippen LogP contribution in [-0.4, -0.2) is 24.4 Å². The summed E-state index contributed by atoms with van der Waals surface area (Å²) < 4.78 is 11.7. The number of aliphatic hydroxyl groups is 1. The lowest BCUT2D eigenvalue weighted by Crippen LogP contribution is -2.56. The van der Waals surface area contributed by atoms with Crippen LogP contribution < -0.4 is 9.47 Å². The van der Waals surface area contributed by atoms with E-state index in [-0.39, 0.29) is 23.4 Å². The van der Waals surface area contributed by atoms with Gasteiger partial charge in [-0.15, -0.1) is 0 Å². The monoisotopic (exact) mass is 285 g/mol. The molecule has 0 saturated heterocycles. The first-order valence-corrected chi connectivity index (χ1v) is 7.56. The molecule has 1 aromatic rings. The Morgan fingerprint density at radius 1 is 1.43 bits per heavy atom. The van der Waals surface area contributed by atoms with Gasteiger partial charge in [0.2, 0.25) is 0 Å². The number of methoxy groups -OCH3 is 1. The van der Waals surface area contributed by atoms with Gasteiger partial charge >= 0.3 is 0 Å². The van der Waals surface area contributed by atoms with Crippen LogP contribution in [0, 0.1) is 23.2 Å². The van der Waals surface area contributed by atoms with Gasteiger partial charge < -0.3 is 14.6 Å². The molecule has 4 nitrogen and oxygen atoms in total. The summed E-state index contributed by atoms with van der Waals surface area (Å²) in [5.41, 5.74) is 2.06. The first kappa shape index (κ1) is 13.0. The molecule has 0 amide bonds. The van der Waals surface area contributed by atoms with Gasteiger partial charge in [-0.2, -0.15) is 5.26 Å². The second-order valence-electron chi connectivity index (χ2n) is 6.63. The fraction of sp³-hybridized carbons (Fsp3) is 0.588. The molecule has 1 aromatic carbocycles. The van der Waals surface area contributed by atoms with Crippen molar-refractivity contribution in [3.8, 4) is 17.6 Å². The zero-order chi connectivity index (χ0) is 14.8. The minimum absolute atomic E-state index is 0.0344.